The highest BCUT2D eigenvalue weighted by Crippen LogP contribution is 2.27. The SMILES string of the molecule is CC1(CNS(=O)(=O)c2ccc(N)cc2Br)CCCO1. The first-order chi connectivity index (χ1) is 8.82. The first-order valence-electron chi connectivity index (χ1n) is 6.01. The normalized spacial score (nSPS) is 23.7. The van der Waals surface area contributed by atoms with Gasteiger partial charge in [0.25, 0.3) is 0 Å². The lowest BCUT2D eigenvalue weighted by Gasteiger charge is -2.23. The summed E-state index contributed by atoms with van der Waals surface area (Å²) in [5.74, 6) is 0. The van der Waals surface area contributed by atoms with Crippen molar-refractivity contribution in [1.29, 1.82) is 0 Å². The molecular weight excluding hydrogens is 332 g/mol. The molecule has 1 aromatic carbocycles. The van der Waals surface area contributed by atoms with Crippen LogP contribution in [-0.4, -0.2) is 27.2 Å². The molecule has 1 fully saturated rings. The van der Waals surface area contributed by atoms with E-state index in [-0.39, 0.29) is 11.4 Å². The molecule has 5 nitrogen and oxygen atoms in total. The van der Waals surface area contributed by atoms with Gasteiger partial charge in [0, 0.05) is 23.3 Å². The van der Waals surface area contributed by atoms with Crippen LogP contribution in [0.4, 0.5) is 5.69 Å². The van der Waals surface area contributed by atoms with Crippen molar-refractivity contribution in [3.8, 4) is 0 Å². The summed E-state index contributed by atoms with van der Waals surface area (Å²) in [6.45, 7) is 2.87. The van der Waals surface area contributed by atoms with E-state index >= 15 is 0 Å². The number of halogens is 1. The number of hydrogen-bond acceptors (Lipinski definition) is 4. The van der Waals surface area contributed by atoms with Gasteiger partial charge in [-0.05, 0) is 53.9 Å². The minimum Gasteiger partial charge on any atom is -0.399 e. The van der Waals surface area contributed by atoms with E-state index in [0.717, 1.165) is 12.8 Å². The molecule has 1 unspecified atom stereocenters. The Hall–Kier alpha value is -0.630. The third-order valence-corrected chi connectivity index (χ3v) is 5.56. The zero-order chi connectivity index (χ0) is 14.1. The van der Waals surface area contributed by atoms with E-state index in [4.69, 9.17) is 10.5 Å². The second kappa shape index (κ2) is 5.40. The van der Waals surface area contributed by atoms with Crippen LogP contribution in [0.15, 0.2) is 27.6 Å². The summed E-state index contributed by atoms with van der Waals surface area (Å²) in [5, 5.41) is 0. The minimum atomic E-state index is -3.57. The van der Waals surface area contributed by atoms with Gasteiger partial charge in [-0.15, -0.1) is 0 Å². The van der Waals surface area contributed by atoms with Crippen molar-refractivity contribution in [2.75, 3.05) is 18.9 Å². The molecule has 0 bridgehead atoms. The minimum absolute atomic E-state index is 0.184. The Morgan fingerprint density at radius 3 is 2.84 bits per heavy atom. The lowest BCUT2D eigenvalue weighted by molar-refractivity contribution is 0.0250. The zero-order valence-electron chi connectivity index (χ0n) is 10.6. The molecule has 7 heteroatoms. The Morgan fingerprint density at radius 1 is 1.53 bits per heavy atom. The fourth-order valence-electron chi connectivity index (χ4n) is 2.04. The summed E-state index contributed by atoms with van der Waals surface area (Å²) in [5.41, 5.74) is 5.70. The van der Waals surface area contributed by atoms with Crippen molar-refractivity contribution >= 4 is 31.6 Å². The summed E-state index contributed by atoms with van der Waals surface area (Å²) in [7, 11) is -3.57. The molecule has 0 spiro atoms. The van der Waals surface area contributed by atoms with Gasteiger partial charge in [0.15, 0.2) is 0 Å². The highest BCUT2D eigenvalue weighted by molar-refractivity contribution is 9.10. The van der Waals surface area contributed by atoms with E-state index in [1.54, 1.807) is 12.1 Å². The van der Waals surface area contributed by atoms with Crippen LogP contribution in [0, 0.1) is 0 Å². The largest absolute Gasteiger partial charge is 0.399 e. The van der Waals surface area contributed by atoms with Gasteiger partial charge in [0.2, 0.25) is 10.0 Å². The molecule has 3 N–H and O–H groups in total. The molecule has 0 aliphatic carbocycles. The maximum Gasteiger partial charge on any atom is 0.241 e. The Morgan fingerprint density at radius 2 is 2.26 bits per heavy atom. The van der Waals surface area contributed by atoms with Crippen LogP contribution < -0.4 is 10.5 Å². The predicted molar refractivity (Wildman–Crippen MR) is 77.3 cm³/mol. The number of rotatable bonds is 4. The number of anilines is 1. The van der Waals surface area contributed by atoms with E-state index in [2.05, 4.69) is 20.7 Å². The van der Waals surface area contributed by atoms with Gasteiger partial charge in [-0.25, -0.2) is 13.1 Å². The molecular formula is C12H17BrN2O3S. The van der Waals surface area contributed by atoms with Crippen molar-refractivity contribution in [3.05, 3.63) is 22.7 Å². The van der Waals surface area contributed by atoms with Gasteiger partial charge in [0.05, 0.1) is 10.5 Å². The van der Waals surface area contributed by atoms with E-state index in [1.165, 1.54) is 6.07 Å². The van der Waals surface area contributed by atoms with E-state index in [1.807, 2.05) is 6.92 Å². The Kier molecular flexibility index (Phi) is 4.20. The third kappa shape index (κ3) is 3.47. The third-order valence-electron chi connectivity index (χ3n) is 3.18. The van der Waals surface area contributed by atoms with Gasteiger partial charge in [-0.2, -0.15) is 0 Å². The lowest BCUT2D eigenvalue weighted by atomic mass is 10.0. The molecule has 1 heterocycles. The topological polar surface area (TPSA) is 81.4 Å². The molecule has 106 valence electrons. The molecule has 1 aliphatic heterocycles. The summed E-state index contributed by atoms with van der Waals surface area (Å²) in [6.07, 6.45) is 1.82. The average Bonchev–Trinajstić information content (AvgIpc) is 2.74. The van der Waals surface area contributed by atoms with Crippen molar-refractivity contribution in [3.63, 3.8) is 0 Å². The van der Waals surface area contributed by atoms with Gasteiger partial charge >= 0.3 is 0 Å². The van der Waals surface area contributed by atoms with Gasteiger partial charge in [-0.3, -0.25) is 0 Å². The van der Waals surface area contributed by atoms with Crippen molar-refractivity contribution < 1.29 is 13.2 Å². The molecule has 1 saturated heterocycles. The van der Waals surface area contributed by atoms with E-state index < -0.39 is 15.6 Å². The van der Waals surface area contributed by atoms with Crippen molar-refractivity contribution in [1.82, 2.24) is 4.72 Å². The van der Waals surface area contributed by atoms with Crippen LogP contribution in [-0.2, 0) is 14.8 Å². The average molecular weight is 349 g/mol. The smallest absolute Gasteiger partial charge is 0.241 e. The van der Waals surface area contributed by atoms with Crippen molar-refractivity contribution in [2.24, 2.45) is 0 Å². The van der Waals surface area contributed by atoms with Gasteiger partial charge < -0.3 is 10.5 Å². The summed E-state index contributed by atoms with van der Waals surface area (Å²) in [4.78, 5) is 0.184. The lowest BCUT2D eigenvalue weighted by Crippen LogP contribution is -2.40. The molecule has 1 aliphatic rings. The second-order valence-corrected chi connectivity index (χ2v) is 7.51. The molecule has 0 aromatic heterocycles. The molecule has 0 saturated carbocycles. The summed E-state index contributed by atoms with van der Waals surface area (Å²) in [6, 6.07) is 4.62. The highest BCUT2D eigenvalue weighted by Gasteiger charge is 2.31. The Balaban J connectivity index is 2.14. The monoisotopic (exact) mass is 348 g/mol. The van der Waals surface area contributed by atoms with Crippen LogP contribution in [0.1, 0.15) is 19.8 Å². The number of nitrogens with two attached hydrogens (primary N) is 1. The first-order valence-corrected chi connectivity index (χ1v) is 8.29. The summed E-state index contributed by atoms with van der Waals surface area (Å²) < 4.78 is 33.1. The molecule has 0 radical (unpaired) electrons. The van der Waals surface area contributed by atoms with E-state index in [9.17, 15) is 8.42 Å². The number of benzene rings is 1. The Labute approximate surface area is 121 Å². The fourth-order valence-corrected chi connectivity index (χ4v) is 4.29. The van der Waals surface area contributed by atoms with E-state index in [0.29, 0.717) is 16.8 Å². The van der Waals surface area contributed by atoms with Crippen LogP contribution >= 0.6 is 15.9 Å². The number of ether oxygens (including phenoxy) is 1. The highest BCUT2D eigenvalue weighted by atomic mass is 79.9. The van der Waals surface area contributed by atoms with Gasteiger partial charge in [-0.1, -0.05) is 0 Å². The van der Waals surface area contributed by atoms with Crippen LogP contribution in [0.3, 0.4) is 0 Å². The molecule has 0 amide bonds. The molecule has 1 atom stereocenters. The zero-order valence-corrected chi connectivity index (χ0v) is 13.1. The molecule has 2 rings (SSSR count). The summed E-state index contributed by atoms with van der Waals surface area (Å²) >= 11 is 3.22. The predicted octanol–water partition coefficient (Wildman–Crippen LogP) is 1.88. The van der Waals surface area contributed by atoms with Gasteiger partial charge in [0.1, 0.15) is 0 Å². The molecule has 1 aromatic rings. The maximum atomic E-state index is 12.2. The van der Waals surface area contributed by atoms with Crippen molar-refractivity contribution in [2.45, 2.75) is 30.3 Å². The van der Waals surface area contributed by atoms with Crippen LogP contribution in [0.25, 0.3) is 0 Å². The Bertz CT molecular complexity index is 568. The maximum absolute atomic E-state index is 12.2. The van der Waals surface area contributed by atoms with Crippen LogP contribution in [0.5, 0.6) is 0 Å². The van der Waals surface area contributed by atoms with Crippen LogP contribution in [0.2, 0.25) is 0 Å². The number of sulfonamides is 1. The molecule has 19 heavy (non-hydrogen) atoms. The number of hydrogen-bond donors (Lipinski definition) is 2. The number of nitrogens with one attached hydrogen (secondary N) is 1. The first kappa shape index (κ1) is 14.8. The quantitative estimate of drug-likeness (QED) is 0.814. The second-order valence-electron chi connectivity index (χ2n) is 4.92. The fraction of sp³-hybridized carbons (Fsp3) is 0.500. The number of nitrogen functional groups attached to an aromatic ring is 1. The standard InChI is InChI=1S/C12H17BrN2O3S/c1-12(5-2-6-18-12)8-15-19(16,17)11-4-3-9(14)7-10(11)13/h3-4,7,15H,2,5-6,8,14H2,1H3.